The Morgan fingerprint density at radius 2 is 2.05 bits per heavy atom. The van der Waals surface area contributed by atoms with Gasteiger partial charge in [0.25, 0.3) is 0 Å². The van der Waals surface area contributed by atoms with Gasteiger partial charge in [0.05, 0.1) is 11.7 Å². The summed E-state index contributed by atoms with van der Waals surface area (Å²) in [6.07, 6.45) is 5.14. The van der Waals surface area contributed by atoms with Crippen LogP contribution < -0.4 is 0 Å². The van der Waals surface area contributed by atoms with Gasteiger partial charge in [-0.05, 0) is 12.5 Å². The van der Waals surface area contributed by atoms with Crippen LogP contribution in [0.2, 0.25) is 5.15 Å². The third-order valence-electron chi connectivity index (χ3n) is 3.05. The number of aromatic nitrogens is 4. The van der Waals surface area contributed by atoms with Crippen LogP contribution in [0.5, 0.6) is 0 Å². The molecule has 0 N–H and O–H groups in total. The summed E-state index contributed by atoms with van der Waals surface area (Å²) < 4.78 is 1.83. The molecule has 0 spiro atoms. The summed E-state index contributed by atoms with van der Waals surface area (Å²) in [5, 5.41) is 6.01. The summed E-state index contributed by atoms with van der Waals surface area (Å²) in [6.45, 7) is 2.11. The number of benzene rings is 1. The maximum Gasteiger partial charge on any atom is 0.162 e. The van der Waals surface area contributed by atoms with Crippen LogP contribution in [0.1, 0.15) is 18.9 Å². The molecule has 4 nitrogen and oxygen atoms in total. The van der Waals surface area contributed by atoms with Gasteiger partial charge in [0.1, 0.15) is 11.5 Å². The van der Waals surface area contributed by atoms with E-state index in [1.165, 1.54) is 6.33 Å². The van der Waals surface area contributed by atoms with Crippen LogP contribution in [-0.4, -0.2) is 19.7 Å². The molecule has 3 aromatic rings. The quantitative estimate of drug-likeness (QED) is 0.686. The van der Waals surface area contributed by atoms with Crippen LogP contribution in [0.15, 0.2) is 36.8 Å². The first kappa shape index (κ1) is 12.1. The summed E-state index contributed by atoms with van der Waals surface area (Å²) in [4.78, 5) is 8.42. The maximum atomic E-state index is 6.18. The van der Waals surface area contributed by atoms with Gasteiger partial charge in [0, 0.05) is 10.9 Å². The van der Waals surface area contributed by atoms with Gasteiger partial charge in [-0.2, -0.15) is 5.10 Å². The molecule has 19 heavy (non-hydrogen) atoms. The zero-order chi connectivity index (χ0) is 13.2. The molecule has 2 heterocycles. The zero-order valence-electron chi connectivity index (χ0n) is 10.5. The Balaban J connectivity index is 2.24. The molecule has 1 aromatic carbocycles. The van der Waals surface area contributed by atoms with Crippen molar-refractivity contribution in [1.82, 2.24) is 19.7 Å². The Morgan fingerprint density at radius 1 is 1.21 bits per heavy atom. The fourth-order valence-electron chi connectivity index (χ4n) is 2.17. The monoisotopic (exact) mass is 272 g/mol. The largest absolute Gasteiger partial charge is 0.224 e. The van der Waals surface area contributed by atoms with Gasteiger partial charge >= 0.3 is 0 Å². The molecule has 0 fully saturated rings. The number of fused-ring (bicyclic) bond motifs is 1. The predicted molar refractivity (Wildman–Crippen MR) is 75.7 cm³/mol. The fraction of sp³-hybridized carbons (Fsp3) is 0.214. The van der Waals surface area contributed by atoms with E-state index in [0.717, 1.165) is 35.1 Å². The molecule has 2 aromatic heterocycles. The smallest absolute Gasteiger partial charge is 0.162 e. The van der Waals surface area contributed by atoms with E-state index < -0.39 is 0 Å². The molecule has 3 rings (SSSR count). The number of hydrogen-bond acceptors (Lipinski definition) is 3. The highest BCUT2D eigenvalue weighted by atomic mass is 35.5. The topological polar surface area (TPSA) is 43.6 Å². The zero-order valence-corrected chi connectivity index (χ0v) is 11.3. The summed E-state index contributed by atoms with van der Waals surface area (Å²) in [5.74, 6) is 0.767. The Morgan fingerprint density at radius 3 is 2.89 bits per heavy atom. The molecule has 0 aliphatic carbocycles. The summed E-state index contributed by atoms with van der Waals surface area (Å²) in [7, 11) is 0. The van der Waals surface area contributed by atoms with Gasteiger partial charge in [0.2, 0.25) is 0 Å². The van der Waals surface area contributed by atoms with E-state index in [9.17, 15) is 0 Å². The van der Waals surface area contributed by atoms with Crippen LogP contribution in [-0.2, 0) is 6.42 Å². The second-order valence-corrected chi connectivity index (χ2v) is 4.69. The van der Waals surface area contributed by atoms with Gasteiger partial charge in [-0.15, -0.1) is 0 Å². The lowest BCUT2D eigenvalue weighted by Gasteiger charge is -2.09. The number of hydrogen-bond donors (Lipinski definition) is 0. The van der Waals surface area contributed by atoms with Gasteiger partial charge in [-0.25, -0.2) is 14.6 Å². The minimum atomic E-state index is 0.506. The highest BCUT2D eigenvalue weighted by molar-refractivity contribution is 6.30. The SMILES string of the molecule is CCCc1c(Cl)ncnc1-n1ncc2ccccc21. The molecule has 0 amide bonds. The highest BCUT2D eigenvalue weighted by Gasteiger charge is 2.13. The van der Waals surface area contributed by atoms with Gasteiger partial charge in [-0.1, -0.05) is 43.1 Å². The summed E-state index contributed by atoms with van der Waals surface area (Å²) >= 11 is 6.18. The molecule has 0 aliphatic heterocycles. The number of halogens is 1. The van der Waals surface area contributed by atoms with Gasteiger partial charge in [-0.3, -0.25) is 0 Å². The molecule has 0 saturated carbocycles. The first-order chi connectivity index (χ1) is 9.31. The normalized spacial score (nSPS) is 11.1. The van der Waals surface area contributed by atoms with Crippen molar-refractivity contribution in [3.8, 4) is 5.82 Å². The van der Waals surface area contributed by atoms with E-state index in [4.69, 9.17) is 11.6 Å². The van der Waals surface area contributed by atoms with Gasteiger partial charge < -0.3 is 0 Å². The van der Waals surface area contributed by atoms with Crippen molar-refractivity contribution in [2.45, 2.75) is 19.8 Å². The average molecular weight is 273 g/mol. The maximum absolute atomic E-state index is 6.18. The lowest BCUT2D eigenvalue weighted by Crippen LogP contribution is -2.06. The molecule has 0 atom stereocenters. The Labute approximate surface area is 116 Å². The first-order valence-electron chi connectivity index (χ1n) is 6.23. The third kappa shape index (κ3) is 2.08. The van der Waals surface area contributed by atoms with Gasteiger partial charge in [0.15, 0.2) is 5.82 Å². The number of rotatable bonds is 3. The Kier molecular flexibility index (Phi) is 3.17. The molecule has 96 valence electrons. The minimum Gasteiger partial charge on any atom is -0.224 e. The van der Waals surface area contributed by atoms with Crippen LogP contribution in [0.3, 0.4) is 0 Å². The molecule has 0 unspecified atom stereocenters. The molecular weight excluding hydrogens is 260 g/mol. The predicted octanol–water partition coefficient (Wildman–Crippen LogP) is 3.42. The van der Waals surface area contributed by atoms with E-state index in [-0.39, 0.29) is 0 Å². The van der Waals surface area contributed by atoms with Crippen molar-refractivity contribution < 1.29 is 0 Å². The minimum absolute atomic E-state index is 0.506. The van der Waals surface area contributed by atoms with E-state index in [1.807, 2.05) is 35.1 Å². The van der Waals surface area contributed by atoms with E-state index >= 15 is 0 Å². The van der Waals surface area contributed by atoms with Crippen molar-refractivity contribution in [1.29, 1.82) is 0 Å². The number of para-hydroxylation sites is 1. The van der Waals surface area contributed by atoms with E-state index in [0.29, 0.717) is 5.15 Å². The van der Waals surface area contributed by atoms with Crippen LogP contribution in [0.25, 0.3) is 16.7 Å². The average Bonchev–Trinajstić information content (AvgIpc) is 2.85. The molecular formula is C14H13ClN4. The lowest BCUT2D eigenvalue weighted by atomic mass is 10.2. The molecule has 0 bridgehead atoms. The second kappa shape index (κ2) is 4.97. The van der Waals surface area contributed by atoms with Crippen LogP contribution in [0.4, 0.5) is 0 Å². The number of nitrogens with zero attached hydrogens (tertiary/aromatic N) is 4. The van der Waals surface area contributed by atoms with E-state index in [2.05, 4.69) is 22.0 Å². The summed E-state index contributed by atoms with van der Waals surface area (Å²) in [6, 6.07) is 8.03. The Bertz CT molecular complexity index is 720. The Hall–Kier alpha value is -1.94. The van der Waals surface area contributed by atoms with Crippen molar-refractivity contribution in [2.24, 2.45) is 0 Å². The molecule has 0 saturated heterocycles. The first-order valence-corrected chi connectivity index (χ1v) is 6.61. The van der Waals surface area contributed by atoms with Crippen molar-refractivity contribution in [2.75, 3.05) is 0 Å². The third-order valence-corrected chi connectivity index (χ3v) is 3.37. The van der Waals surface area contributed by atoms with E-state index in [1.54, 1.807) is 0 Å². The van der Waals surface area contributed by atoms with Crippen LogP contribution >= 0.6 is 11.6 Å². The highest BCUT2D eigenvalue weighted by Crippen LogP contribution is 2.23. The molecule has 5 heteroatoms. The summed E-state index contributed by atoms with van der Waals surface area (Å²) in [5.41, 5.74) is 1.97. The standard InChI is InChI=1S/C14H13ClN4/c1-2-5-11-13(15)16-9-17-14(11)19-12-7-4-3-6-10(12)8-18-19/h3-4,6-9H,2,5H2,1H3. The second-order valence-electron chi connectivity index (χ2n) is 4.33. The molecule has 0 radical (unpaired) electrons. The lowest BCUT2D eigenvalue weighted by molar-refractivity contribution is 0.816. The van der Waals surface area contributed by atoms with Crippen molar-refractivity contribution in [3.05, 3.63) is 47.5 Å². The molecule has 0 aliphatic rings. The van der Waals surface area contributed by atoms with Crippen molar-refractivity contribution in [3.63, 3.8) is 0 Å². The fourth-order valence-corrected chi connectivity index (χ4v) is 2.39. The van der Waals surface area contributed by atoms with Crippen molar-refractivity contribution >= 4 is 22.5 Å². The van der Waals surface area contributed by atoms with Crippen LogP contribution in [0, 0.1) is 0 Å².